The number of nitrogens with one attached hydrogen (secondary N) is 1. The quantitative estimate of drug-likeness (QED) is 0.815. The van der Waals surface area contributed by atoms with Crippen LogP contribution in [0.15, 0.2) is 12.1 Å². The van der Waals surface area contributed by atoms with E-state index >= 15 is 0 Å². The molecule has 9 heteroatoms. The monoisotopic (exact) mass is 393 g/mol. The van der Waals surface area contributed by atoms with Gasteiger partial charge < -0.3 is 24.6 Å². The van der Waals surface area contributed by atoms with E-state index in [-0.39, 0.29) is 12.0 Å². The fourth-order valence-electron chi connectivity index (χ4n) is 2.84. The third kappa shape index (κ3) is 6.54. The third-order valence-corrected chi connectivity index (χ3v) is 4.17. The summed E-state index contributed by atoms with van der Waals surface area (Å²) in [4.78, 5) is 28.1. The highest BCUT2D eigenvalue weighted by atomic mass is 16.6. The average Bonchev–Trinajstić information content (AvgIpc) is 2.60. The summed E-state index contributed by atoms with van der Waals surface area (Å²) in [7, 11) is 3.78. The van der Waals surface area contributed by atoms with Crippen LogP contribution in [0, 0.1) is 0 Å². The summed E-state index contributed by atoms with van der Waals surface area (Å²) >= 11 is 0. The van der Waals surface area contributed by atoms with Gasteiger partial charge in [0.2, 0.25) is 11.8 Å². The molecule has 1 aromatic rings. The minimum absolute atomic E-state index is 0.159. The summed E-state index contributed by atoms with van der Waals surface area (Å²) in [6.07, 6.45) is 0.883. The number of ether oxygens (including phenoxy) is 2. The zero-order chi connectivity index (χ0) is 20.9. The van der Waals surface area contributed by atoms with Crippen LogP contribution >= 0.6 is 0 Å². The normalized spacial score (nSPS) is 18.2. The highest BCUT2D eigenvalue weighted by Gasteiger charge is 2.29. The summed E-state index contributed by atoms with van der Waals surface area (Å²) in [6.45, 7) is 8.06. The highest BCUT2D eigenvalue weighted by molar-refractivity contribution is 5.85. The van der Waals surface area contributed by atoms with E-state index in [1.807, 2.05) is 25.1 Å². The lowest BCUT2D eigenvalue weighted by Gasteiger charge is -2.34. The number of likely N-dealkylation sites (tertiary alicyclic amines) is 1. The zero-order valence-corrected chi connectivity index (χ0v) is 17.6. The minimum Gasteiger partial charge on any atom is -0.471 e. The maximum absolute atomic E-state index is 12.7. The Morgan fingerprint density at radius 1 is 1.29 bits per heavy atom. The maximum atomic E-state index is 12.7. The average molecular weight is 393 g/mol. The number of piperidine rings is 1. The second kappa shape index (κ2) is 9.07. The highest BCUT2D eigenvalue weighted by Crippen LogP contribution is 2.18. The van der Waals surface area contributed by atoms with Crippen molar-refractivity contribution in [3.63, 3.8) is 0 Å². The van der Waals surface area contributed by atoms with Crippen LogP contribution in [0.2, 0.25) is 0 Å². The number of hydrogen-bond donors (Lipinski definition) is 1. The van der Waals surface area contributed by atoms with Gasteiger partial charge in [0, 0.05) is 26.7 Å². The van der Waals surface area contributed by atoms with Crippen molar-refractivity contribution >= 4 is 17.8 Å². The lowest BCUT2D eigenvalue weighted by Crippen LogP contribution is -2.52. The molecule has 2 atom stereocenters. The van der Waals surface area contributed by atoms with Gasteiger partial charge in [0.05, 0.1) is 6.54 Å². The second-order valence-corrected chi connectivity index (χ2v) is 8.16. The zero-order valence-electron chi connectivity index (χ0n) is 17.6. The van der Waals surface area contributed by atoms with E-state index in [9.17, 15) is 9.59 Å². The molecule has 1 fully saturated rings. The number of carbonyl (C=O) groups excluding carboxylic acids is 2. The SMILES string of the molecule is CC(NC(=O)OC(C)(C)C)C(=O)N1CCCC(Oc2ccc(N(C)C)nn2)C1. The van der Waals surface area contributed by atoms with Gasteiger partial charge in [0.15, 0.2) is 5.82 Å². The smallest absolute Gasteiger partial charge is 0.408 e. The fraction of sp³-hybridized carbons (Fsp3) is 0.684. The van der Waals surface area contributed by atoms with Crippen LogP contribution in [0.3, 0.4) is 0 Å². The third-order valence-electron chi connectivity index (χ3n) is 4.17. The van der Waals surface area contributed by atoms with Crippen molar-refractivity contribution in [2.75, 3.05) is 32.1 Å². The molecule has 1 aliphatic heterocycles. The molecular formula is C19H31N5O4. The number of aromatic nitrogens is 2. The van der Waals surface area contributed by atoms with Gasteiger partial charge >= 0.3 is 6.09 Å². The van der Waals surface area contributed by atoms with Crippen LogP contribution in [0.5, 0.6) is 5.88 Å². The number of hydrogen-bond acceptors (Lipinski definition) is 7. The van der Waals surface area contributed by atoms with Crippen LogP contribution in [-0.2, 0) is 9.53 Å². The molecule has 1 aliphatic rings. The van der Waals surface area contributed by atoms with Crippen molar-refractivity contribution in [3.05, 3.63) is 12.1 Å². The molecule has 0 aromatic carbocycles. The molecule has 1 N–H and O–H groups in total. The number of rotatable bonds is 5. The summed E-state index contributed by atoms with van der Waals surface area (Å²) in [6, 6.07) is 2.93. The second-order valence-electron chi connectivity index (χ2n) is 8.16. The predicted octanol–water partition coefficient (Wildman–Crippen LogP) is 1.83. The van der Waals surface area contributed by atoms with Gasteiger partial charge in [-0.3, -0.25) is 4.79 Å². The number of anilines is 1. The molecule has 2 unspecified atom stereocenters. The van der Waals surface area contributed by atoms with Gasteiger partial charge in [-0.2, -0.15) is 0 Å². The molecule has 1 aromatic heterocycles. The van der Waals surface area contributed by atoms with Crippen LogP contribution < -0.4 is 15.0 Å². The Labute approximate surface area is 166 Å². The van der Waals surface area contributed by atoms with E-state index in [1.54, 1.807) is 38.7 Å². The number of nitrogens with zero attached hydrogens (tertiary/aromatic N) is 4. The number of alkyl carbamates (subject to hydrolysis) is 1. The van der Waals surface area contributed by atoms with Crippen molar-refractivity contribution < 1.29 is 19.1 Å². The first kappa shape index (κ1) is 21.7. The van der Waals surface area contributed by atoms with E-state index in [0.29, 0.717) is 19.0 Å². The Hall–Kier alpha value is -2.58. The standard InChI is InChI=1S/C19H31N5O4/c1-13(20-18(26)28-19(2,3)4)17(25)24-11-7-8-14(12-24)27-16-10-9-15(21-22-16)23(5)6/h9-10,13-14H,7-8,11-12H2,1-6H3,(H,20,26). The lowest BCUT2D eigenvalue weighted by molar-refractivity contribution is -0.135. The molecule has 0 aliphatic carbocycles. The van der Waals surface area contributed by atoms with Crippen molar-refractivity contribution in [2.45, 2.75) is 58.3 Å². The van der Waals surface area contributed by atoms with Crippen LogP contribution in [0.4, 0.5) is 10.6 Å². The molecule has 2 heterocycles. The van der Waals surface area contributed by atoms with Crippen molar-refractivity contribution in [3.8, 4) is 5.88 Å². The Bertz CT molecular complexity index is 672. The van der Waals surface area contributed by atoms with Crippen LogP contribution in [0.25, 0.3) is 0 Å². The maximum Gasteiger partial charge on any atom is 0.408 e. The summed E-state index contributed by atoms with van der Waals surface area (Å²) in [5.41, 5.74) is -0.611. The summed E-state index contributed by atoms with van der Waals surface area (Å²) < 4.78 is 11.1. The topological polar surface area (TPSA) is 96.9 Å². The van der Waals surface area contributed by atoms with Gasteiger partial charge in [-0.05, 0) is 46.6 Å². The van der Waals surface area contributed by atoms with Crippen molar-refractivity contribution in [2.24, 2.45) is 0 Å². The first-order chi connectivity index (χ1) is 13.0. The number of amides is 2. The van der Waals surface area contributed by atoms with Gasteiger partial charge in [-0.15, -0.1) is 10.2 Å². The van der Waals surface area contributed by atoms with Crippen molar-refractivity contribution in [1.29, 1.82) is 0 Å². The Kier molecular flexibility index (Phi) is 7.04. The lowest BCUT2D eigenvalue weighted by atomic mass is 10.1. The number of carbonyl (C=O) groups is 2. The van der Waals surface area contributed by atoms with Gasteiger partial charge in [-0.1, -0.05) is 0 Å². The molecule has 2 amide bonds. The molecule has 28 heavy (non-hydrogen) atoms. The van der Waals surface area contributed by atoms with E-state index in [1.165, 1.54) is 0 Å². The van der Waals surface area contributed by atoms with E-state index in [4.69, 9.17) is 9.47 Å². The molecule has 1 saturated heterocycles. The molecular weight excluding hydrogens is 362 g/mol. The molecule has 0 bridgehead atoms. The molecule has 2 rings (SSSR count). The minimum atomic E-state index is -0.673. The Balaban J connectivity index is 1.89. The molecule has 9 nitrogen and oxygen atoms in total. The van der Waals surface area contributed by atoms with Crippen LogP contribution in [-0.4, -0.2) is 72.0 Å². The predicted molar refractivity (Wildman–Crippen MR) is 105 cm³/mol. The summed E-state index contributed by atoms with van der Waals surface area (Å²) in [5, 5.41) is 10.8. The molecule has 0 radical (unpaired) electrons. The van der Waals surface area contributed by atoms with Gasteiger partial charge in [-0.25, -0.2) is 4.79 Å². The largest absolute Gasteiger partial charge is 0.471 e. The molecule has 0 spiro atoms. The van der Waals surface area contributed by atoms with E-state index < -0.39 is 17.7 Å². The van der Waals surface area contributed by atoms with Gasteiger partial charge in [0.1, 0.15) is 17.7 Å². The van der Waals surface area contributed by atoms with Gasteiger partial charge in [0.25, 0.3) is 0 Å². The molecule has 0 saturated carbocycles. The van der Waals surface area contributed by atoms with E-state index in [2.05, 4.69) is 15.5 Å². The Morgan fingerprint density at radius 3 is 2.57 bits per heavy atom. The van der Waals surface area contributed by atoms with Crippen molar-refractivity contribution in [1.82, 2.24) is 20.4 Å². The molecule has 156 valence electrons. The van der Waals surface area contributed by atoms with E-state index in [0.717, 1.165) is 18.7 Å². The fourth-order valence-corrected chi connectivity index (χ4v) is 2.84. The summed E-state index contributed by atoms with van der Waals surface area (Å²) in [5.74, 6) is 1.02. The first-order valence-electron chi connectivity index (χ1n) is 9.51. The Morgan fingerprint density at radius 2 is 2.00 bits per heavy atom. The van der Waals surface area contributed by atoms with Crippen LogP contribution in [0.1, 0.15) is 40.5 Å². The first-order valence-corrected chi connectivity index (χ1v) is 9.51.